The molecule has 3 N–H and O–H groups in total. The van der Waals surface area contributed by atoms with E-state index in [2.05, 4.69) is 5.32 Å². The van der Waals surface area contributed by atoms with E-state index >= 15 is 0 Å². The number of hydrogen-bond acceptors (Lipinski definition) is 6. The molecule has 1 heterocycles. The van der Waals surface area contributed by atoms with Gasteiger partial charge in [-0.25, -0.2) is 4.79 Å². The van der Waals surface area contributed by atoms with Crippen molar-refractivity contribution in [1.82, 2.24) is 5.32 Å². The van der Waals surface area contributed by atoms with Gasteiger partial charge in [0.2, 0.25) is 5.43 Å². The van der Waals surface area contributed by atoms with E-state index in [4.69, 9.17) is 19.6 Å². The number of rotatable bonds is 6. The van der Waals surface area contributed by atoms with Crippen molar-refractivity contribution >= 4 is 23.0 Å². The highest BCUT2D eigenvalue weighted by Gasteiger charge is 2.41. The normalized spacial score (nSPS) is 14.3. The lowest BCUT2D eigenvalue weighted by Gasteiger charge is -2.43. The molecule has 0 atom stereocenters. The fourth-order valence-corrected chi connectivity index (χ4v) is 5.11. The number of nitrogens with two attached hydrogens (primary N) is 1. The number of primary amides is 1. The maximum Gasteiger partial charge on any atom is 0.408 e. The molecule has 2 amide bonds. The molecule has 5 rings (SSSR count). The van der Waals surface area contributed by atoms with Gasteiger partial charge >= 0.3 is 6.09 Å². The first-order valence-electron chi connectivity index (χ1n) is 13.2. The average Bonchev–Trinajstić information content (AvgIpc) is 2.89. The number of nitrogens with one attached hydrogen (secondary N) is 1. The van der Waals surface area contributed by atoms with Crippen molar-refractivity contribution in [2.45, 2.75) is 51.2 Å². The van der Waals surface area contributed by atoms with Gasteiger partial charge in [-0.2, -0.15) is 0 Å². The van der Waals surface area contributed by atoms with Crippen molar-refractivity contribution in [2.24, 2.45) is 5.73 Å². The van der Waals surface area contributed by atoms with E-state index in [1.54, 1.807) is 0 Å². The van der Waals surface area contributed by atoms with E-state index in [-0.39, 0.29) is 27.7 Å². The van der Waals surface area contributed by atoms with Gasteiger partial charge in [0, 0.05) is 5.56 Å². The lowest BCUT2D eigenvalue weighted by atomic mass is 9.71. The van der Waals surface area contributed by atoms with Crippen molar-refractivity contribution in [3.63, 3.8) is 0 Å². The maximum atomic E-state index is 14.0. The third kappa shape index (κ3) is 5.04. The first kappa shape index (κ1) is 27.0. The second-order valence-electron chi connectivity index (χ2n) is 11.1. The Morgan fingerprint density at radius 3 is 2.20 bits per heavy atom. The monoisotopic (exact) mass is 540 g/mol. The van der Waals surface area contributed by atoms with E-state index in [0.717, 1.165) is 24.8 Å². The minimum atomic E-state index is -0.688. The molecule has 4 aromatic rings. The van der Waals surface area contributed by atoms with Gasteiger partial charge in [-0.05, 0) is 63.3 Å². The van der Waals surface area contributed by atoms with Crippen molar-refractivity contribution in [3.05, 3.63) is 88.1 Å². The SMILES string of the molecule is COc1cc2c(=O)c(-c3ccc(C4(NC(=O)OC(C)(C)C)CCC4)cc3)c(-c3ccccc3)oc2cc1C(N)=O. The second-order valence-corrected chi connectivity index (χ2v) is 11.1. The number of benzene rings is 3. The highest BCUT2D eigenvalue weighted by molar-refractivity contribution is 6.00. The smallest absolute Gasteiger partial charge is 0.408 e. The molecule has 40 heavy (non-hydrogen) atoms. The maximum absolute atomic E-state index is 14.0. The lowest BCUT2D eigenvalue weighted by Crippen LogP contribution is -2.52. The summed E-state index contributed by atoms with van der Waals surface area (Å²) in [4.78, 5) is 38.6. The Morgan fingerprint density at radius 2 is 1.65 bits per heavy atom. The molecule has 0 saturated heterocycles. The molecule has 0 aliphatic heterocycles. The zero-order valence-electron chi connectivity index (χ0n) is 23.0. The van der Waals surface area contributed by atoms with Crippen LogP contribution in [0.15, 0.2) is 75.9 Å². The van der Waals surface area contributed by atoms with Crippen LogP contribution in [0.2, 0.25) is 0 Å². The molecule has 8 nitrogen and oxygen atoms in total. The predicted octanol–water partition coefficient (Wildman–Crippen LogP) is 6.14. The van der Waals surface area contributed by atoms with E-state index in [9.17, 15) is 14.4 Å². The highest BCUT2D eigenvalue weighted by atomic mass is 16.6. The molecule has 0 radical (unpaired) electrons. The standard InChI is InChI=1S/C32H32N2O6/c1-31(2,3)40-30(37)34-32(15-8-16-32)21-13-11-19(12-14-21)26-27(35)22-17-24(38-4)23(29(33)36)18-25(22)39-28(26)20-9-6-5-7-10-20/h5-7,9-14,17-18H,8,15-16H2,1-4H3,(H2,33,36)(H,34,37). The summed E-state index contributed by atoms with van der Waals surface area (Å²) in [5.74, 6) is -0.120. The molecule has 0 bridgehead atoms. The molecule has 1 saturated carbocycles. The van der Waals surface area contributed by atoms with Crippen LogP contribution in [0.4, 0.5) is 4.79 Å². The van der Waals surface area contributed by atoms with Crippen LogP contribution in [-0.2, 0) is 10.3 Å². The van der Waals surface area contributed by atoms with Crippen LogP contribution in [0.5, 0.6) is 5.75 Å². The number of methoxy groups -OCH3 is 1. The van der Waals surface area contributed by atoms with Gasteiger partial charge in [0.1, 0.15) is 22.7 Å². The molecular formula is C32H32N2O6. The Kier molecular flexibility index (Phi) is 6.87. The number of ether oxygens (including phenoxy) is 2. The van der Waals surface area contributed by atoms with Crippen LogP contribution >= 0.6 is 0 Å². The van der Waals surface area contributed by atoms with E-state index in [0.29, 0.717) is 22.5 Å². The Labute approximate surface area is 232 Å². The number of fused-ring (bicyclic) bond motifs is 1. The van der Waals surface area contributed by atoms with E-state index in [1.807, 2.05) is 75.4 Å². The topological polar surface area (TPSA) is 121 Å². The van der Waals surface area contributed by atoms with Crippen LogP contribution < -0.4 is 21.2 Å². The first-order valence-corrected chi connectivity index (χ1v) is 13.2. The number of carbonyl (C=O) groups excluding carboxylic acids is 2. The minimum Gasteiger partial charge on any atom is -0.496 e. The molecule has 1 aromatic heterocycles. The fraction of sp³-hybridized carbons (Fsp3) is 0.281. The number of alkyl carbamates (subject to hydrolysis) is 1. The van der Waals surface area contributed by atoms with Gasteiger partial charge in [0.25, 0.3) is 5.91 Å². The van der Waals surface area contributed by atoms with Crippen LogP contribution in [0, 0.1) is 0 Å². The van der Waals surface area contributed by atoms with E-state index in [1.165, 1.54) is 19.2 Å². The Balaban J connectivity index is 1.62. The van der Waals surface area contributed by atoms with E-state index < -0.39 is 23.1 Å². The van der Waals surface area contributed by atoms with Gasteiger partial charge in [0.05, 0.1) is 29.2 Å². The number of carbonyl (C=O) groups is 2. The summed E-state index contributed by atoms with van der Waals surface area (Å²) in [6, 6.07) is 19.8. The Bertz CT molecular complexity index is 1650. The molecule has 8 heteroatoms. The molecule has 1 aliphatic rings. The number of amides is 2. The number of hydrogen-bond donors (Lipinski definition) is 2. The summed E-state index contributed by atoms with van der Waals surface area (Å²) >= 11 is 0. The Hall–Kier alpha value is -4.59. The van der Waals surface area contributed by atoms with Crippen LogP contribution in [0.3, 0.4) is 0 Å². The lowest BCUT2D eigenvalue weighted by molar-refractivity contribution is 0.0377. The molecule has 3 aromatic carbocycles. The van der Waals surface area contributed by atoms with Gasteiger partial charge in [0.15, 0.2) is 0 Å². The summed E-state index contributed by atoms with van der Waals surface area (Å²) in [5.41, 5.74) is 7.18. The zero-order valence-corrected chi connectivity index (χ0v) is 23.0. The summed E-state index contributed by atoms with van der Waals surface area (Å²) < 4.78 is 17.1. The van der Waals surface area contributed by atoms with Gasteiger partial charge < -0.3 is 24.9 Å². The zero-order chi connectivity index (χ0) is 28.7. The van der Waals surface area contributed by atoms with Gasteiger partial charge in [-0.15, -0.1) is 0 Å². The van der Waals surface area contributed by atoms with Crippen LogP contribution in [-0.4, -0.2) is 24.7 Å². The molecule has 0 spiro atoms. The molecule has 1 fully saturated rings. The fourth-order valence-electron chi connectivity index (χ4n) is 5.11. The first-order chi connectivity index (χ1) is 19.0. The Morgan fingerprint density at radius 1 is 0.975 bits per heavy atom. The summed E-state index contributed by atoms with van der Waals surface area (Å²) in [5, 5.41) is 3.34. The van der Waals surface area contributed by atoms with Gasteiger partial charge in [-0.3, -0.25) is 9.59 Å². The summed E-state index contributed by atoms with van der Waals surface area (Å²) in [6.07, 6.45) is 2.11. The average molecular weight is 541 g/mol. The molecule has 1 aliphatic carbocycles. The van der Waals surface area contributed by atoms with Crippen molar-refractivity contribution < 1.29 is 23.5 Å². The third-order valence-corrected chi connectivity index (χ3v) is 7.19. The summed E-state index contributed by atoms with van der Waals surface area (Å²) in [6.45, 7) is 5.50. The van der Waals surface area contributed by atoms with Crippen molar-refractivity contribution in [3.8, 4) is 28.2 Å². The van der Waals surface area contributed by atoms with Crippen LogP contribution in [0.1, 0.15) is 56.0 Å². The molecular weight excluding hydrogens is 508 g/mol. The second kappa shape index (κ2) is 10.2. The summed E-state index contributed by atoms with van der Waals surface area (Å²) in [7, 11) is 1.41. The minimum absolute atomic E-state index is 0.123. The van der Waals surface area contributed by atoms with Crippen molar-refractivity contribution in [1.29, 1.82) is 0 Å². The van der Waals surface area contributed by atoms with Crippen LogP contribution in [0.25, 0.3) is 33.4 Å². The van der Waals surface area contributed by atoms with Crippen molar-refractivity contribution in [2.75, 3.05) is 7.11 Å². The molecule has 206 valence electrons. The largest absolute Gasteiger partial charge is 0.496 e. The van der Waals surface area contributed by atoms with Gasteiger partial charge in [-0.1, -0.05) is 54.6 Å². The third-order valence-electron chi connectivity index (χ3n) is 7.19. The highest BCUT2D eigenvalue weighted by Crippen LogP contribution is 2.42. The quantitative estimate of drug-likeness (QED) is 0.303. The predicted molar refractivity (Wildman–Crippen MR) is 153 cm³/mol. The molecule has 0 unspecified atom stereocenters.